The van der Waals surface area contributed by atoms with Crippen LogP contribution in [0.15, 0.2) is 28.8 Å². The minimum Gasteiger partial charge on any atom is -0.408 e. The smallest absolute Gasteiger partial charge is 0.315 e. The summed E-state index contributed by atoms with van der Waals surface area (Å²) in [5.41, 5.74) is 0.921. The van der Waals surface area contributed by atoms with Gasteiger partial charge in [0.05, 0.1) is 11.7 Å². The van der Waals surface area contributed by atoms with Gasteiger partial charge in [0.2, 0.25) is 5.89 Å². The van der Waals surface area contributed by atoms with Crippen LogP contribution < -0.4 is 5.32 Å². The fourth-order valence-corrected chi connectivity index (χ4v) is 1.55. The molecule has 1 unspecified atom stereocenters. The van der Waals surface area contributed by atoms with Crippen molar-refractivity contribution in [3.8, 4) is 0 Å². The number of hydrogen-bond donors (Lipinski definition) is 1. The fraction of sp³-hybridized carbons (Fsp3) is 0.364. The van der Waals surface area contributed by atoms with E-state index in [0.29, 0.717) is 24.2 Å². The lowest BCUT2D eigenvalue weighted by Crippen LogP contribution is -2.08. The number of nitrogens with one attached hydrogen (secondary N) is 1. The summed E-state index contributed by atoms with van der Waals surface area (Å²) in [6.45, 7) is 1.98. The van der Waals surface area contributed by atoms with Gasteiger partial charge in [-0.25, -0.2) is 0 Å². The van der Waals surface area contributed by atoms with Crippen LogP contribution in [0.1, 0.15) is 24.6 Å². The molecule has 0 radical (unpaired) electrons. The first-order valence-electron chi connectivity index (χ1n) is 5.35. The molecule has 0 aliphatic heterocycles. The summed E-state index contributed by atoms with van der Waals surface area (Å²) in [7, 11) is 0. The molecule has 2 aromatic rings. The van der Waals surface area contributed by atoms with Crippen molar-refractivity contribution in [1.82, 2.24) is 15.2 Å². The molecule has 0 fully saturated rings. The lowest BCUT2D eigenvalue weighted by Gasteiger charge is -2.10. The molecule has 0 saturated carbocycles. The monoisotopic (exact) mass is 252 g/mol. The van der Waals surface area contributed by atoms with Crippen LogP contribution >= 0.6 is 11.6 Å². The molecule has 0 saturated heterocycles. The summed E-state index contributed by atoms with van der Waals surface area (Å²) in [4.78, 5) is 4.24. The van der Waals surface area contributed by atoms with E-state index in [1.807, 2.05) is 25.1 Å². The molecule has 1 N–H and O–H groups in total. The molecule has 90 valence electrons. The predicted molar refractivity (Wildman–Crippen MR) is 65.0 cm³/mol. The number of aryl methyl sites for hydroxylation is 1. The molecule has 1 atom stereocenters. The Kier molecular flexibility index (Phi) is 3.93. The largest absolute Gasteiger partial charge is 0.408 e. The van der Waals surface area contributed by atoms with Crippen molar-refractivity contribution in [3.63, 3.8) is 0 Å². The molecule has 6 heteroatoms. The van der Waals surface area contributed by atoms with E-state index in [1.165, 1.54) is 0 Å². The molecule has 0 spiro atoms. The maximum absolute atomic E-state index is 5.59. The number of hydrogen-bond acceptors (Lipinski definition) is 5. The second-order valence-corrected chi connectivity index (χ2v) is 3.94. The first-order valence-corrected chi connectivity index (χ1v) is 5.89. The Morgan fingerprint density at radius 1 is 1.41 bits per heavy atom. The Morgan fingerprint density at radius 3 is 3.00 bits per heavy atom. The Balaban J connectivity index is 2.00. The number of halogens is 1. The molecule has 2 heterocycles. The molecular weight excluding hydrogens is 240 g/mol. The third kappa shape index (κ3) is 3.17. The van der Waals surface area contributed by atoms with E-state index in [0.717, 1.165) is 5.69 Å². The van der Waals surface area contributed by atoms with Crippen LogP contribution in [0.25, 0.3) is 0 Å². The van der Waals surface area contributed by atoms with Crippen LogP contribution in [-0.4, -0.2) is 21.1 Å². The van der Waals surface area contributed by atoms with Crippen LogP contribution in [0.2, 0.25) is 0 Å². The van der Waals surface area contributed by atoms with E-state index in [-0.39, 0.29) is 6.04 Å². The average molecular weight is 253 g/mol. The summed E-state index contributed by atoms with van der Waals surface area (Å²) >= 11 is 5.59. The van der Waals surface area contributed by atoms with E-state index in [9.17, 15) is 0 Å². The normalized spacial score (nSPS) is 12.4. The molecule has 17 heavy (non-hydrogen) atoms. The standard InChI is InChI=1S/C11H13ClN4O/c1-8(9-4-2-3-7-13-9)14-11-16-15-10(17-11)5-6-12/h2-4,7-8H,5-6H2,1H3,(H,14,16). The first-order chi connectivity index (χ1) is 8.29. The summed E-state index contributed by atoms with van der Waals surface area (Å²) < 4.78 is 5.37. The highest BCUT2D eigenvalue weighted by molar-refractivity contribution is 6.17. The molecule has 0 aliphatic rings. The molecule has 5 nitrogen and oxygen atoms in total. The number of aromatic nitrogens is 3. The third-order valence-electron chi connectivity index (χ3n) is 2.25. The number of anilines is 1. The summed E-state index contributed by atoms with van der Waals surface area (Å²) in [6, 6.07) is 6.16. The van der Waals surface area contributed by atoms with Gasteiger partial charge in [-0.15, -0.1) is 16.7 Å². The number of alkyl halides is 1. The van der Waals surface area contributed by atoms with Crippen molar-refractivity contribution < 1.29 is 4.42 Å². The maximum atomic E-state index is 5.59. The zero-order valence-electron chi connectivity index (χ0n) is 9.43. The maximum Gasteiger partial charge on any atom is 0.315 e. The third-order valence-corrected chi connectivity index (χ3v) is 2.44. The van der Waals surface area contributed by atoms with Crippen LogP contribution in [0.5, 0.6) is 0 Å². The Labute approximate surface area is 104 Å². The van der Waals surface area contributed by atoms with E-state index in [4.69, 9.17) is 16.0 Å². The summed E-state index contributed by atoms with van der Waals surface area (Å²) in [5.74, 6) is 1.01. The quantitative estimate of drug-likeness (QED) is 0.828. The van der Waals surface area contributed by atoms with Crippen molar-refractivity contribution in [3.05, 3.63) is 36.0 Å². The second kappa shape index (κ2) is 5.63. The van der Waals surface area contributed by atoms with E-state index in [1.54, 1.807) is 6.20 Å². The van der Waals surface area contributed by atoms with Gasteiger partial charge >= 0.3 is 6.01 Å². The lowest BCUT2D eigenvalue weighted by atomic mass is 10.2. The minimum atomic E-state index is 0.0144. The number of rotatable bonds is 5. The SMILES string of the molecule is CC(Nc1nnc(CCCl)o1)c1ccccn1. The number of pyridine rings is 1. The molecule has 2 rings (SSSR count). The van der Waals surface area contributed by atoms with Crippen LogP contribution in [-0.2, 0) is 6.42 Å². The molecular formula is C11H13ClN4O. The van der Waals surface area contributed by atoms with Crippen molar-refractivity contribution in [2.75, 3.05) is 11.2 Å². The van der Waals surface area contributed by atoms with Crippen molar-refractivity contribution in [2.45, 2.75) is 19.4 Å². The summed E-state index contributed by atoms with van der Waals surface area (Å²) in [6.07, 6.45) is 2.33. The Morgan fingerprint density at radius 2 is 2.29 bits per heavy atom. The highest BCUT2D eigenvalue weighted by atomic mass is 35.5. The zero-order valence-corrected chi connectivity index (χ0v) is 10.2. The van der Waals surface area contributed by atoms with E-state index >= 15 is 0 Å². The predicted octanol–water partition coefficient (Wildman–Crippen LogP) is 2.42. The topological polar surface area (TPSA) is 63.8 Å². The minimum absolute atomic E-state index is 0.0144. The van der Waals surface area contributed by atoms with Crippen molar-refractivity contribution >= 4 is 17.6 Å². The lowest BCUT2D eigenvalue weighted by molar-refractivity contribution is 0.507. The van der Waals surface area contributed by atoms with Gasteiger partial charge in [0.1, 0.15) is 0 Å². The highest BCUT2D eigenvalue weighted by Crippen LogP contribution is 2.16. The highest BCUT2D eigenvalue weighted by Gasteiger charge is 2.10. The Bertz CT molecular complexity index is 460. The fourth-order valence-electron chi connectivity index (χ4n) is 1.39. The first kappa shape index (κ1) is 11.9. The molecule has 0 aliphatic carbocycles. The van der Waals surface area contributed by atoms with Crippen molar-refractivity contribution in [2.24, 2.45) is 0 Å². The van der Waals surface area contributed by atoms with Gasteiger partial charge in [-0.2, -0.15) is 0 Å². The van der Waals surface area contributed by atoms with Gasteiger partial charge in [0.25, 0.3) is 0 Å². The Hall–Kier alpha value is -1.62. The second-order valence-electron chi connectivity index (χ2n) is 3.56. The molecule has 0 bridgehead atoms. The van der Waals surface area contributed by atoms with Gasteiger partial charge in [-0.1, -0.05) is 11.2 Å². The van der Waals surface area contributed by atoms with Crippen LogP contribution in [0.4, 0.5) is 6.01 Å². The van der Waals surface area contributed by atoms with E-state index < -0.39 is 0 Å². The molecule has 2 aromatic heterocycles. The van der Waals surface area contributed by atoms with Crippen molar-refractivity contribution in [1.29, 1.82) is 0 Å². The summed E-state index contributed by atoms with van der Waals surface area (Å²) in [5, 5.41) is 10.8. The number of nitrogens with zero attached hydrogens (tertiary/aromatic N) is 3. The van der Waals surface area contributed by atoms with Crippen LogP contribution in [0, 0.1) is 0 Å². The average Bonchev–Trinajstić information content (AvgIpc) is 2.78. The zero-order chi connectivity index (χ0) is 12.1. The molecule has 0 aromatic carbocycles. The van der Waals surface area contributed by atoms with Gasteiger partial charge < -0.3 is 9.73 Å². The van der Waals surface area contributed by atoms with Crippen LogP contribution in [0.3, 0.4) is 0 Å². The van der Waals surface area contributed by atoms with Gasteiger partial charge in [-0.3, -0.25) is 4.98 Å². The molecule has 0 amide bonds. The van der Waals surface area contributed by atoms with Gasteiger partial charge in [0, 0.05) is 18.5 Å². The van der Waals surface area contributed by atoms with E-state index in [2.05, 4.69) is 20.5 Å². The van der Waals surface area contributed by atoms with Gasteiger partial charge in [-0.05, 0) is 19.1 Å². The van der Waals surface area contributed by atoms with Gasteiger partial charge in [0.15, 0.2) is 0 Å².